The lowest BCUT2D eigenvalue weighted by atomic mass is 10.0. The third kappa shape index (κ3) is 6.38. The van der Waals surface area contributed by atoms with Crippen LogP contribution in [0.4, 0.5) is 22.0 Å². The van der Waals surface area contributed by atoms with E-state index in [0.717, 1.165) is 41.2 Å². The van der Waals surface area contributed by atoms with Crippen LogP contribution in [0, 0.1) is 17.0 Å². The van der Waals surface area contributed by atoms with Gasteiger partial charge in [0.05, 0.1) is 4.92 Å². The van der Waals surface area contributed by atoms with Gasteiger partial charge in [-0.25, -0.2) is 14.8 Å². The molecule has 5 rings (SSSR count). The molecule has 1 aromatic heterocycles. The summed E-state index contributed by atoms with van der Waals surface area (Å²) >= 11 is 6.12. The molecule has 0 radical (unpaired) electrons. The lowest BCUT2D eigenvalue weighted by Crippen LogP contribution is -2.38. The molecule has 1 saturated heterocycles. The van der Waals surface area contributed by atoms with Gasteiger partial charge < -0.3 is 15.1 Å². The molecule has 4 aromatic rings. The number of non-ortho nitro benzene ring substituents is 1. The molecule has 0 bridgehead atoms. The number of benzene rings is 3. The fourth-order valence-corrected chi connectivity index (χ4v) is 4.90. The van der Waals surface area contributed by atoms with Gasteiger partial charge in [-0.1, -0.05) is 54.1 Å². The van der Waals surface area contributed by atoms with Crippen LogP contribution in [0.1, 0.15) is 23.2 Å². The lowest BCUT2D eigenvalue weighted by molar-refractivity contribution is -0.384. The van der Waals surface area contributed by atoms with Gasteiger partial charge in [-0.15, -0.1) is 0 Å². The van der Waals surface area contributed by atoms with Crippen molar-refractivity contribution in [2.75, 3.05) is 36.4 Å². The smallest absolute Gasteiger partial charge is 0.321 e. The average Bonchev–Trinajstić information content (AvgIpc) is 3.22. The zero-order chi connectivity index (χ0) is 28.1. The van der Waals surface area contributed by atoms with Crippen LogP contribution in [0.25, 0.3) is 11.4 Å². The summed E-state index contributed by atoms with van der Waals surface area (Å²) in [4.78, 5) is 37.4. The topological polar surface area (TPSA) is 104 Å². The van der Waals surface area contributed by atoms with E-state index < -0.39 is 4.92 Å². The summed E-state index contributed by atoms with van der Waals surface area (Å²) < 4.78 is 0. The van der Waals surface area contributed by atoms with Gasteiger partial charge in [-0.3, -0.25) is 10.1 Å². The molecule has 1 N–H and O–H groups in total. The Kier molecular flexibility index (Phi) is 8.21. The third-order valence-corrected chi connectivity index (χ3v) is 7.18. The number of anilines is 2. The van der Waals surface area contributed by atoms with Gasteiger partial charge in [0.25, 0.3) is 5.69 Å². The number of rotatable bonds is 6. The van der Waals surface area contributed by atoms with Gasteiger partial charge in [-0.05, 0) is 43.2 Å². The SMILES string of the molecule is Cc1nc(-c2ccccc2)nc(N2CCCN(C(=O)Nc3ccc([N+](=O)[O-])cc3)CC2)c1Cc1ccc(Cl)cc1. The highest BCUT2D eigenvalue weighted by Gasteiger charge is 2.24. The molecule has 0 spiro atoms. The number of carbonyl (C=O) groups excluding carboxylic acids is 1. The molecule has 0 aliphatic carbocycles. The predicted molar refractivity (Wildman–Crippen MR) is 157 cm³/mol. The fraction of sp³-hybridized carbons (Fsp3) is 0.233. The van der Waals surface area contributed by atoms with E-state index in [-0.39, 0.29) is 11.7 Å². The van der Waals surface area contributed by atoms with Crippen molar-refractivity contribution in [2.24, 2.45) is 0 Å². The number of hydrogen-bond donors (Lipinski definition) is 1. The number of nitrogens with zero attached hydrogens (tertiary/aromatic N) is 5. The number of amides is 2. The Morgan fingerprint density at radius 1 is 0.950 bits per heavy atom. The van der Waals surface area contributed by atoms with E-state index in [1.165, 1.54) is 24.3 Å². The number of halogens is 1. The minimum Gasteiger partial charge on any atom is -0.354 e. The minimum absolute atomic E-state index is 0.0205. The maximum atomic E-state index is 13.0. The predicted octanol–water partition coefficient (Wildman–Crippen LogP) is 6.35. The molecule has 40 heavy (non-hydrogen) atoms. The molecular formula is C30H29ClN6O3. The highest BCUT2D eigenvalue weighted by atomic mass is 35.5. The molecule has 10 heteroatoms. The molecule has 0 unspecified atom stereocenters. The van der Waals surface area contributed by atoms with Crippen molar-refractivity contribution < 1.29 is 9.72 Å². The third-order valence-electron chi connectivity index (χ3n) is 6.93. The van der Waals surface area contributed by atoms with Crippen LogP contribution in [0.15, 0.2) is 78.9 Å². The zero-order valence-corrected chi connectivity index (χ0v) is 22.8. The number of carbonyl (C=O) groups is 1. The monoisotopic (exact) mass is 556 g/mol. The normalized spacial score (nSPS) is 13.6. The van der Waals surface area contributed by atoms with Gasteiger partial charge in [0, 0.05) is 72.3 Å². The maximum Gasteiger partial charge on any atom is 0.321 e. The molecule has 1 aliphatic rings. The summed E-state index contributed by atoms with van der Waals surface area (Å²) in [7, 11) is 0. The molecule has 3 aromatic carbocycles. The summed E-state index contributed by atoms with van der Waals surface area (Å²) in [6, 6.07) is 23.3. The van der Waals surface area contributed by atoms with Crippen LogP contribution in [-0.4, -0.2) is 52.0 Å². The van der Waals surface area contributed by atoms with E-state index in [1.54, 1.807) is 4.90 Å². The molecule has 2 amide bonds. The van der Waals surface area contributed by atoms with Crippen molar-refractivity contribution in [3.8, 4) is 11.4 Å². The molecule has 1 aliphatic heterocycles. The van der Waals surface area contributed by atoms with E-state index in [4.69, 9.17) is 21.6 Å². The van der Waals surface area contributed by atoms with Crippen LogP contribution in [0.3, 0.4) is 0 Å². The Hall–Kier alpha value is -4.50. The highest BCUT2D eigenvalue weighted by molar-refractivity contribution is 6.30. The fourth-order valence-electron chi connectivity index (χ4n) is 4.77. The van der Waals surface area contributed by atoms with Gasteiger partial charge in [0.1, 0.15) is 5.82 Å². The average molecular weight is 557 g/mol. The van der Waals surface area contributed by atoms with Gasteiger partial charge >= 0.3 is 6.03 Å². The van der Waals surface area contributed by atoms with Crippen molar-refractivity contribution in [1.82, 2.24) is 14.9 Å². The summed E-state index contributed by atoms with van der Waals surface area (Å²) in [6.45, 7) is 4.44. The summed E-state index contributed by atoms with van der Waals surface area (Å²) in [5, 5.41) is 14.5. The highest BCUT2D eigenvalue weighted by Crippen LogP contribution is 2.29. The second-order valence-corrected chi connectivity index (χ2v) is 10.1. The Morgan fingerprint density at radius 3 is 2.38 bits per heavy atom. The van der Waals surface area contributed by atoms with Crippen LogP contribution >= 0.6 is 11.6 Å². The van der Waals surface area contributed by atoms with Crippen molar-refractivity contribution in [1.29, 1.82) is 0 Å². The van der Waals surface area contributed by atoms with E-state index in [2.05, 4.69) is 10.2 Å². The first-order valence-corrected chi connectivity index (χ1v) is 13.5. The number of aromatic nitrogens is 2. The second-order valence-electron chi connectivity index (χ2n) is 9.67. The first-order chi connectivity index (χ1) is 19.4. The number of aryl methyl sites for hydroxylation is 1. The summed E-state index contributed by atoms with van der Waals surface area (Å²) in [5.41, 5.74) is 4.52. The van der Waals surface area contributed by atoms with Crippen LogP contribution in [0.2, 0.25) is 5.02 Å². The van der Waals surface area contributed by atoms with E-state index in [0.29, 0.717) is 42.6 Å². The Bertz CT molecular complexity index is 1500. The molecule has 204 valence electrons. The quantitative estimate of drug-likeness (QED) is 0.219. The number of nitro benzene ring substituents is 1. The van der Waals surface area contributed by atoms with Crippen LogP contribution in [-0.2, 0) is 6.42 Å². The molecule has 0 atom stereocenters. The number of nitro groups is 1. The first kappa shape index (κ1) is 27.1. The Morgan fingerprint density at radius 2 is 1.68 bits per heavy atom. The van der Waals surface area contributed by atoms with Crippen molar-refractivity contribution in [3.63, 3.8) is 0 Å². The van der Waals surface area contributed by atoms with Gasteiger partial charge in [0.2, 0.25) is 0 Å². The lowest BCUT2D eigenvalue weighted by Gasteiger charge is -2.26. The van der Waals surface area contributed by atoms with Crippen molar-refractivity contribution >= 4 is 34.8 Å². The molecule has 1 fully saturated rings. The largest absolute Gasteiger partial charge is 0.354 e. The molecule has 9 nitrogen and oxygen atoms in total. The van der Waals surface area contributed by atoms with Gasteiger partial charge in [0.15, 0.2) is 5.82 Å². The summed E-state index contributed by atoms with van der Waals surface area (Å²) in [6.07, 6.45) is 1.42. The van der Waals surface area contributed by atoms with Crippen LogP contribution < -0.4 is 10.2 Å². The zero-order valence-electron chi connectivity index (χ0n) is 22.1. The van der Waals surface area contributed by atoms with E-state index in [1.807, 2.05) is 61.5 Å². The van der Waals surface area contributed by atoms with E-state index >= 15 is 0 Å². The van der Waals surface area contributed by atoms with Gasteiger partial charge in [-0.2, -0.15) is 0 Å². The van der Waals surface area contributed by atoms with Crippen molar-refractivity contribution in [2.45, 2.75) is 19.8 Å². The Labute approximate surface area is 237 Å². The van der Waals surface area contributed by atoms with Crippen LogP contribution in [0.5, 0.6) is 0 Å². The Balaban J connectivity index is 1.38. The summed E-state index contributed by atoms with van der Waals surface area (Å²) in [5.74, 6) is 1.55. The number of nitrogens with one attached hydrogen (secondary N) is 1. The molecular weight excluding hydrogens is 528 g/mol. The standard InChI is InChI=1S/C30H29ClN6O3/c1-21-27(20-22-8-10-24(31)11-9-22)29(34-28(32-21)23-6-3-2-4-7-23)35-16-5-17-36(19-18-35)30(38)33-25-12-14-26(15-13-25)37(39)40/h2-4,6-15H,5,16-20H2,1H3,(H,33,38). The van der Waals surface area contributed by atoms with Crippen molar-refractivity contribution in [3.05, 3.63) is 111 Å². The number of urea groups is 1. The molecule has 0 saturated carbocycles. The minimum atomic E-state index is -0.464. The maximum absolute atomic E-state index is 13.0. The molecule has 2 heterocycles. The number of hydrogen-bond acceptors (Lipinski definition) is 6. The second kappa shape index (κ2) is 12.1. The first-order valence-electron chi connectivity index (χ1n) is 13.1. The van der Waals surface area contributed by atoms with E-state index in [9.17, 15) is 14.9 Å².